The van der Waals surface area contributed by atoms with Crippen molar-refractivity contribution in [1.29, 1.82) is 0 Å². The van der Waals surface area contributed by atoms with Gasteiger partial charge in [0.15, 0.2) is 0 Å². The number of morpholine rings is 1. The Morgan fingerprint density at radius 1 is 1.07 bits per heavy atom. The van der Waals surface area contributed by atoms with Crippen LogP contribution in [-0.4, -0.2) is 43.7 Å². The summed E-state index contributed by atoms with van der Waals surface area (Å²) in [5.41, 5.74) is 2.37. The van der Waals surface area contributed by atoms with Crippen LogP contribution in [0.3, 0.4) is 0 Å². The highest BCUT2D eigenvalue weighted by Gasteiger charge is 2.22. The van der Waals surface area contributed by atoms with Crippen molar-refractivity contribution in [3.8, 4) is 5.75 Å². The van der Waals surface area contributed by atoms with Crippen molar-refractivity contribution >= 4 is 16.7 Å². The zero-order chi connectivity index (χ0) is 20.8. The molecule has 1 aliphatic heterocycles. The highest BCUT2D eigenvalue weighted by molar-refractivity contribution is 5.84. The van der Waals surface area contributed by atoms with Crippen LogP contribution in [-0.2, 0) is 22.6 Å². The summed E-state index contributed by atoms with van der Waals surface area (Å²) in [5, 5.41) is 5.29. The molecule has 0 spiro atoms. The van der Waals surface area contributed by atoms with E-state index in [1.54, 1.807) is 7.11 Å². The number of nitrogens with one attached hydrogen (secondary N) is 1. The Bertz CT molecular complexity index is 990. The van der Waals surface area contributed by atoms with E-state index >= 15 is 0 Å². The monoisotopic (exact) mass is 404 g/mol. The van der Waals surface area contributed by atoms with Gasteiger partial charge in [-0.15, -0.1) is 0 Å². The topological polar surface area (TPSA) is 50.8 Å². The van der Waals surface area contributed by atoms with Crippen LogP contribution >= 0.6 is 0 Å². The maximum atomic E-state index is 12.5. The minimum Gasteiger partial charge on any atom is -0.497 e. The van der Waals surface area contributed by atoms with Gasteiger partial charge in [-0.25, -0.2) is 0 Å². The standard InChI is InChI=1S/C25H28N2O3/c1-29-23-10-9-21-13-20(7-8-22(21)14-23)16-26-25(28)15-24-18-27(11-12-30-24)17-19-5-3-2-4-6-19/h2-10,13-14,24H,11-12,15-18H2,1H3,(H,26,28)/t24-/m1/s1. The molecular formula is C25H28N2O3. The van der Waals surface area contributed by atoms with E-state index in [2.05, 4.69) is 46.6 Å². The minimum atomic E-state index is -0.0634. The molecule has 156 valence electrons. The number of amides is 1. The fraction of sp³-hybridized carbons (Fsp3) is 0.320. The van der Waals surface area contributed by atoms with Gasteiger partial charge in [0, 0.05) is 26.2 Å². The normalized spacial score (nSPS) is 17.0. The summed E-state index contributed by atoms with van der Waals surface area (Å²) in [6.07, 6.45) is 0.322. The number of carbonyl (C=O) groups excluding carboxylic acids is 1. The molecule has 0 aromatic heterocycles. The average Bonchev–Trinajstić information content (AvgIpc) is 2.78. The summed E-state index contributed by atoms with van der Waals surface area (Å²) in [5.74, 6) is 0.869. The minimum absolute atomic E-state index is 0.0244. The predicted octanol–water partition coefficient (Wildman–Crippen LogP) is 3.76. The molecule has 1 N–H and O–H groups in total. The number of benzene rings is 3. The smallest absolute Gasteiger partial charge is 0.222 e. The fourth-order valence-corrected chi connectivity index (χ4v) is 3.88. The molecule has 3 aromatic carbocycles. The predicted molar refractivity (Wildman–Crippen MR) is 118 cm³/mol. The third-order valence-electron chi connectivity index (χ3n) is 5.49. The summed E-state index contributed by atoms with van der Waals surface area (Å²) in [7, 11) is 1.67. The Kier molecular flexibility index (Phi) is 6.62. The van der Waals surface area contributed by atoms with Crippen LogP contribution in [0.1, 0.15) is 17.5 Å². The van der Waals surface area contributed by atoms with Gasteiger partial charge in [0.2, 0.25) is 5.91 Å². The summed E-state index contributed by atoms with van der Waals surface area (Å²) in [6, 6.07) is 22.6. The van der Waals surface area contributed by atoms with Crippen LogP contribution < -0.4 is 10.1 Å². The third-order valence-corrected chi connectivity index (χ3v) is 5.49. The summed E-state index contributed by atoms with van der Waals surface area (Å²) >= 11 is 0. The van der Waals surface area contributed by atoms with E-state index in [0.717, 1.165) is 41.7 Å². The molecule has 1 heterocycles. The molecule has 1 saturated heterocycles. The second-order valence-electron chi connectivity index (χ2n) is 7.74. The highest BCUT2D eigenvalue weighted by Crippen LogP contribution is 2.22. The lowest BCUT2D eigenvalue weighted by molar-refractivity contribution is -0.126. The molecule has 4 rings (SSSR count). The number of carbonyl (C=O) groups is 1. The Hall–Kier alpha value is -2.89. The summed E-state index contributed by atoms with van der Waals surface area (Å²) in [4.78, 5) is 14.8. The highest BCUT2D eigenvalue weighted by atomic mass is 16.5. The fourth-order valence-electron chi connectivity index (χ4n) is 3.88. The van der Waals surface area contributed by atoms with Crippen molar-refractivity contribution in [1.82, 2.24) is 10.2 Å². The van der Waals surface area contributed by atoms with E-state index in [1.807, 2.05) is 30.3 Å². The molecule has 30 heavy (non-hydrogen) atoms. The molecule has 3 aromatic rings. The van der Waals surface area contributed by atoms with E-state index in [0.29, 0.717) is 19.6 Å². The molecule has 0 saturated carbocycles. The van der Waals surface area contributed by atoms with Crippen LogP contribution in [0.15, 0.2) is 66.7 Å². The summed E-state index contributed by atoms with van der Waals surface area (Å²) in [6.45, 7) is 3.75. The number of fused-ring (bicyclic) bond motifs is 1. The first-order valence-electron chi connectivity index (χ1n) is 10.4. The lowest BCUT2D eigenvalue weighted by atomic mass is 10.1. The second kappa shape index (κ2) is 9.74. The third kappa shape index (κ3) is 5.38. The number of hydrogen-bond donors (Lipinski definition) is 1. The van der Waals surface area contributed by atoms with Gasteiger partial charge in [0.05, 0.1) is 26.2 Å². The van der Waals surface area contributed by atoms with Crippen LogP contribution in [0.25, 0.3) is 10.8 Å². The molecule has 5 nitrogen and oxygen atoms in total. The van der Waals surface area contributed by atoms with Crippen molar-refractivity contribution in [2.24, 2.45) is 0 Å². The molecule has 0 aliphatic carbocycles. The number of nitrogens with zero attached hydrogens (tertiary/aromatic N) is 1. The molecular weight excluding hydrogens is 376 g/mol. The quantitative estimate of drug-likeness (QED) is 0.652. The molecule has 0 radical (unpaired) electrons. The molecule has 1 fully saturated rings. The first-order chi connectivity index (χ1) is 14.7. The van der Waals surface area contributed by atoms with Gasteiger partial charge in [-0.2, -0.15) is 0 Å². The zero-order valence-corrected chi connectivity index (χ0v) is 17.3. The van der Waals surface area contributed by atoms with Gasteiger partial charge < -0.3 is 14.8 Å². The van der Waals surface area contributed by atoms with Crippen LogP contribution in [0.5, 0.6) is 5.75 Å². The molecule has 0 unspecified atom stereocenters. The molecule has 1 amide bonds. The Balaban J connectivity index is 1.27. The van der Waals surface area contributed by atoms with Crippen molar-refractivity contribution in [3.63, 3.8) is 0 Å². The first-order valence-corrected chi connectivity index (χ1v) is 10.4. The van der Waals surface area contributed by atoms with E-state index < -0.39 is 0 Å². The number of ether oxygens (including phenoxy) is 2. The van der Waals surface area contributed by atoms with Gasteiger partial charge in [0.25, 0.3) is 0 Å². The molecule has 1 aliphatic rings. The first kappa shape index (κ1) is 20.4. The summed E-state index contributed by atoms with van der Waals surface area (Å²) < 4.78 is 11.1. The lowest BCUT2D eigenvalue weighted by Crippen LogP contribution is -2.44. The lowest BCUT2D eigenvalue weighted by Gasteiger charge is -2.32. The second-order valence-corrected chi connectivity index (χ2v) is 7.74. The van der Waals surface area contributed by atoms with Crippen molar-refractivity contribution in [3.05, 3.63) is 77.9 Å². The molecule has 5 heteroatoms. The van der Waals surface area contributed by atoms with E-state index in [4.69, 9.17) is 9.47 Å². The Labute approximate surface area is 177 Å². The van der Waals surface area contributed by atoms with Crippen LogP contribution in [0.4, 0.5) is 0 Å². The van der Waals surface area contributed by atoms with Crippen LogP contribution in [0.2, 0.25) is 0 Å². The number of rotatable bonds is 7. The van der Waals surface area contributed by atoms with Crippen LogP contribution in [0, 0.1) is 0 Å². The maximum absolute atomic E-state index is 12.5. The molecule has 0 bridgehead atoms. The Morgan fingerprint density at radius 2 is 1.87 bits per heavy atom. The van der Waals surface area contributed by atoms with Crippen molar-refractivity contribution in [2.75, 3.05) is 26.8 Å². The average molecular weight is 405 g/mol. The van der Waals surface area contributed by atoms with Gasteiger partial charge >= 0.3 is 0 Å². The van der Waals surface area contributed by atoms with Gasteiger partial charge in [-0.05, 0) is 40.1 Å². The van der Waals surface area contributed by atoms with E-state index in [1.165, 1.54) is 5.56 Å². The van der Waals surface area contributed by atoms with Gasteiger partial charge in [-0.1, -0.05) is 48.5 Å². The Morgan fingerprint density at radius 3 is 2.70 bits per heavy atom. The number of methoxy groups -OCH3 is 1. The largest absolute Gasteiger partial charge is 0.497 e. The van der Waals surface area contributed by atoms with Crippen molar-refractivity contribution < 1.29 is 14.3 Å². The van der Waals surface area contributed by atoms with Gasteiger partial charge in [-0.3, -0.25) is 9.69 Å². The zero-order valence-electron chi connectivity index (χ0n) is 17.3. The maximum Gasteiger partial charge on any atom is 0.222 e. The van der Waals surface area contributed by atoms with Crippen molar-refractivity contribution in [2.45, 2.75) is 25.6 Å². The SMILES string of the molecule is COc1ccc2cc(CNC(=O)C[C@@H]3CN(Cc4ccccc4)CCO3)ccc2c1. The van der Waals surface area contributed by atoms with E-state index in [9.17, 15) is 4.79 Å². The van der Waals surface area contributed by atoms with E-state index in [-0.39, 0.29) is 12.0 Å². The van der Waals surface area contributed by atoms with Gasteiger partial charge in [0.1, 0.15) is 5.75 Å². The molecule has 1 atom stereocenters. The number of hydrogen-bond acceptors (Lipinski definition) is 4.